The molecule has 1 aromatic rings. The van der Waals surface area contributed by atoms with Gasteiger partial charge in [-0.3, -0.25) is 4.90 Å². The number of hydrogen-bond acceptors (Lipinski definition) is 5. The monoisotopic (exact) mass is 350 g/mol. The Hall–Kier alpha value is -2.02. The Morgan fingerprint density at radius 1 is 1.44 bits per heavy atom. The van der Waals surface area contributed by atoms with Crippen molar-refractivity contribution < 1.29 is 13.9 Å². The zero-order valence-corrected chi connectivity index (χ0v) is 15.7. The van der Waals surface area contributed by atoms with Gasteiger partial charge in [-0.2, -0.15) is 0 Å². The molecule has 1 aromatic heterocycles. The van der Waals surface area contributed by atoms with Crippen LogP contribution in [-0.2, 0) is 11.3 Å². The molecule has 1 aliphatic rings. The summed E-state index contributed by atoms with van der Waals surface area (Å²) < 4.78 is 10.4. The van der Waals surface area contributed by atoms with Crippen LogP contribution in [0, 0.1) is 6.92 Å². The van der Waals surface area contributed by atoms with Crippen LogP contribution in [0.2, 0.25) is 0 Å². The zero-order valence-electron chi connectivity index (χ0n) is 15.7. The Labute approximate surface area is 149 Å². The minimum atomic E-state index is -0.387. The fourth-order valence-corrected chi connectivity index (χ4v) is 3.19. The summed E-state index contributed by atoms with van der Waals surface area (Å²) in [7, 11) is 1.36. The highest BCUT2D eigenvalue weighted by Crippen LogP contribution is 2.17. The number of carbonyl (C=O) groups is 1. The minimum absolute atomic E-state index is 0.370. The fraction of sp³-hybridized carbons (Fsp3) is 0.667. The maximum absolute atomic E-state index is 11.6. The highest BCUT2D eigenvalue weighted by molar-refractivity contribution is 5.90. The van der Waals surface area contributed by atoms with Gasteiger partial charge in [0.25, 0.3) is 0 Å². The second kappa shape index (κ2) is 9.46. The molecule has 0 aliphatic carbocycles. The number of aryl methyl sites for hydroxylation is 1. The smallest absolute Gasteiger partial charge is 0.341 e. The van der Waals surface area contributed by atoms with Gasteiger partial charge >= 0.3 is 5.97 Å². The molecule has 0 amide bonds. The van der Waals surface area contributed by atoms with Crippen molar-refractivity contribution in [2.75, 3.05) is 33.3 Å². The molecular formula is C18H30N4O3. The minimum Gasteiger partial charge on any atom is -0.465 e. The average molecular weight is 350 g/mol. The quantitative estimate of drug-likeness (QED) is 0.444. The van der Waals surface area contributed by atoms with Crippen LogP contribution < -0.4 is 10.6 Å². The lowest BCUT2D eigenvalue weighted by Gasteiger charge is -2.23. The molecular weight excluding hydrogens is 320 g/mol. The first-order valence-corrected chi connectivity index (χ1v) is 9.02. The molecule has 1 saturated heterocycles. The lowest BCUT2D eigenvalue weighted by molar-refractivity contribution is 0.0599. The molecule has 1 atom stereocenters. The number of nitrogens with one attached hydrogen (secondary N) is 2. The van der Waals surface area contributed by atoms with Crippen LogP contribution in [0.1, 0.15) is 48.6 Å². The molecule has 2 heterocycles. The second-order valence-corrected chi connectivity index (χ2v) is 6.17. The zero-order chi connectivity index (χ0) is 18.2. The number of nitrogens with zero attached hydrogens (tertiary/aromatic N) is 2. The molecule has 0 aromatic carbocycles. The highest BCUT2D eigenvalue weighted by atomic mass is 16.5. The van der Waals surface area contributed by atoms with Crippen LogP contribution in [0.3, 0.4) is 0 Å². The summed E-state index contributed by atoms with van der Waals surface area (Å²) in [6.07, 6.45) is 2.48. The third-order valence-electron chi connectivity index (χ3n) is 4.52. The molecule has 1 aliphatic heterocycles. The van der Waals surface area contributed by atoms with Crippen LogP contribution in [0.4, 0.5) is 0 Å². The molecule has 7 heteroatoms. The predicted octanol–water partition coefficient (Wildman–Crippen LogP) is 1.91. The molecule has 0 radical (unpaired) electrons. The van der Waals surface area contributed by atoms with E-state index in [9.17, 15) is 4.79 Å². The van der Waals surface area contributed by atoms with Gasteiger partial charge in [0.1, 0.15) is 23.6 Å². The van der Waals surface area contributed by atoms with E-state index < -0.39 is 0 Å². The summed E-state index contributed by atoms with van der Waals surface area (Å²) in [6, 6.07) is 2.26. The highest BCUT2D eigenvalue weighted by Gasteiger charge is 2.22. The Kier molecular flexibility index (Phi) is 7.31. The van der Waals surface area contributed by atoms with Crippen LogP contribution in [-0.4, -0.2) is 56.2 Å². The van der Waals surface area contributed by atoms with Crippen molar-refractivity contribution >= 4 is 11.9 Å². The second-order valence-electron chi connectivity index (χ2n) is 6.17. The van der Waals surface area contributed by atoms with Gasteiger partial charge in [-0.15, -0.1) is 0 Å². The normalized spacial score (nSPS) is 18.4. The van der Waals surface area contributed by atoms with Crippen molar-refractivity contribution in [3.05, 3.63) is 23.2 Å². The lowest BCUT2D eigenvalue weighted by Crippen LogP contribution is -2.44. The summed E-state index contributed by atoms with van der Waals surface area (Å²) in [5, 5.41) is 6.67. The Balaban J connectivity index is 1.96. The maximum Gasteiger partial charge on any atom is 0.341 e. The van der Waals surface area contributed by atoms with Crippen molar-refractivity contribution in [1.82, 2.24) is 15.5 Å². The standard InChI is InChI=1S/C18H30N4O3/c1-5-19-18(20-11-14-8-7-9-22(14)6-2)21-12-15-10-16(13(3)25-15)17(23)24-4/h10,14H,5-9,11-12H2,1-4H3,(H2,19,20,21). The fourth-order valence-electron chi connectivity index (χ4n) is 3.19. The summed E-state index contributed by atoms with van der Waals surface area (Å²) in [5.41, 5.74) is 0.454. The number of furan rings is 1. The van der Waals surface area contributed by atoms with E-state index in [2.05, 4.69) is 27.4 Å². The SMILES string of the molecule is CCNC(=NCc1cc(C(=O)OC)c(C)o1)NCC1CCCN1CC. The molecule has 0 bridgehead atoms. The van der Waals surface area contributed by atoms with Gasteiger partial charge in [0, 0.05) is 19.1 Å². The topological polar surface area (TPSA) is 79.1 Å². The number of likely N-dealkylation sites (tertiary alicyclic amines) is 1. The third-order valence-corrected chi connectivity index (χ3v) is 4.52. The number of guanidine groups is 1. The molecule has 1 unspecified atom stereocenters. The molecule has 0 spiro atoms. The molecule has 1 fully saturated rings. The van der Waals surface area contributed by atoms with Gasteiger partial charge in [-0.1, -0.05) is 6.92 Å². The number of methoxy groups -OCH3 is 1. The first kappa shape index (κ1) is 19.3. The van der Waals surface area contributed by atoms with Gasteiger partial charge in [-0.05, 0) is 45.8 Å². The lowest BCUT2D eigenvalue weighted by atomic mass is 10.2. The van der Waals surface area contributed by atoms with E-state index in [1.165, 1.54) is 26.5 Å². The van der Waals surface area contributed by atoms with Crippen LogP contribution in [0.25, 0.3) is 0 Å². The summed E-state index contributed by atoms with van der Waals surface area (Å²) >= 11 is 0. The van der Waals surface area contributed by atoms with E-state index in [0.29, 0.717) is 29.7 Å². The van der Waals surface area contributed by atoms with Crippen LogP contribution in [0.5, 0.6) is 0 Å². The predicted molar refractivity (Wildman–Crippen MR) is 97.9 cm³/mol. The Bertz CT molecular complexity index is 597. The first-order valence-electron chi connectivity index (χ1n) is 9.02. The number of carbonyl (C=O) groups excluding carboxylic acids is 1. The van der Waals surface area contributed by atoms with Gasteiger partial charge < -0.3 is 19.8 Å². The molecule has 25 heavy (non-hydrogen) atoms. The first-order chi connectivity index (χ1) is 12.1. The number of hydrogen-bond donors (Lipinski definition) is 2. The molecule has 2 N–H and O–H groups in total. The average Bonchev–Trinajstić information content (AvgIpc) is 3.22. The van der Waals surface area contributed by atoms with Gasteiger partial charge in [-0.25, -0.2) is 9.79 Å². The number of esters is 1. The van der Waals surface area contributed by atoms with E-state index >= 15 is 0 Å². The van der Waals surface area contributed by atoms with E-state index in [0.717, 1.165) is 25.6 Å². The number of ether oxygens (including phenoxy) is 1. The van der Waals surface area contributed by atoms with Gasteiger partial charge in [0.15, 0.2) is 5.96 Å². The maximum atomic E-state index is 11.6. The number of likely N-dealkylation sites (N-methyl/N-ethyl adjacent to an activating group) is 1. The van der Waals surface area contributed by atoms with Crippen molar-refractivity contribution in [2.45, 2.75) is 46.2 Å². The Morgan fingerprint density at radius 3 is 2.92 bits per heavy atom. The summed E-state index contributed by atoms with van der Waals surface area (Å²) in [4.78, 5) is 18.7. The largest absolute Gasteiger partial charge is 0.465 e. The third kappa shape index (κ3) is 5.22. The Morgan fingerprint density at radius 2 is 2.24 bits per heavy atom. The molecule has 2 rings (SSSR count). The number of aliphatic imine (C=N–C) groups is 1. The van der Waals surface area contributed by atoms with Gasteiger partial charge in [0.2, 0.25) is 0 Å². The van der Waals surface area contributed by atoms with Crippen LogP contribution >= 0.6 is 0 Å². The van der Waals surface area contributed by atoms with E-state index in [1.54, 1.807) is 13.0 Å². The summed E-state index contributed by atoms with van der Waals surface area (Å²) in [5.74, 6) is 1.58. The molecule has 0 saturated carbocycles. The van der Waals surface area contributed by atoms with Crippen molar-refractivity contribution in [3.8, 4) is 0 Å². The summed E-state index contributed by atoms with van der Waals surface area (Å²) in [6.45, 7) is 10.3. The molecule has 140 valence electrons. The van der Waals surface area contributed by atoms with E-state index in [1.807, 2.05) is 6.92 Å². The number of rotatable bonds is 7. The van der Waals surface area contributed by atoms with Crippen molar-refractivity contribution in [3.63, 3.8) is 0 Å². The van der Waals surface area contributed by atoms with Crippen molar-refractivity contribution in [1.29, 1.82) is 0 Å². The van der Waals surface area contributed by atoms with E-state index in [4.69, 9.17) is 9.15 Å². The van der Waals surface area contributed by atoms with E-state index in [-0.39, 0.29) is 5.97 Å². The van der Waals surface area contributed by atoms with Crippen molar-refractivity contribution in [2.24, 2.45) is 4.99 Å². The van der Waals surface area contributed by atoms with Gasteiger partial charge in [0.05, 0.1) is 7.11 Å². The molecule has 7 nitrogen and oxygen atoms in total. The van der Waals surface area contributed by atoms with Crippen LogP contribution in [0.15, 0.2) is 15.5 Å².